The van der Waals surface area contributed by atoms with Crippen molar-refractivity contribution in [3.8, 4) is 0 Å². The first-order valence-corrected chi connectivity index (χ1v) is 5.61. The van der Waals surface area contributed by atoms with Crippen molar-refractivity contribution in [3.63, 3.8) is 0 Å². The fourth-order valence-corrected chi connectivity index (χ4v) is 2.01. The molecule has 0 aliphatic carbocycles. The molecule has 0 amide bonds. The van der Waals surface area contributed by atoms with Crippen LogP contribution in [0.3, 0.4) is 0 Å². The molecule has 1 atom stereocenters. The minimum atomic E-state index is 0.308. The standard InChI is InChI=1S/C12H19N3/c1-9-5-6-12(14-10(9)2)15-7-3-4-11(13)8-15/h5-6,11H,3-4,7-8,13H2,1-2H3. The zero-order valence-electron chi connectivity index (χ0n) is 9.53. The van der Waals surface area contributed by atoms with Gasteiger partial charge in [0.05, 0.1) is 0 Å². The van der Waals surface area contributed by atoms with Crippen molar-refractivity contribution in [2.24, 2.45) is 5.73 Å². The Bertz CT molecular complexity index is 349. The van der Waals surface area contributed by atoms with E-state index >= 15 is 0 Å². The highest BCUT2D eigenvalue weighted by Crippen LogP contribution is 2.18. The highest BCUT2D eigenvalue weighted by molar-refractivity contribution is 5.42. The predicted molar refractivity (Wildman–Crippen MR) is 63.1 cm³/mol. The van der Waals surface area contributed by atoms with Gasteiger partial charge in [0.1, 0.15) is 5.82 Å². The molecule has 1 aromatic heterocycles. The third kappa shape index (κ3) is 2.29. The molecular weight excluding hydrogens is 186 g/mol. The van der Waals surface area contributed by atoms with E-state index in [0.29, 0.717) is 6.04 Å². The fourth-order valence-electron chi connectivity index (χ4n) is 2.01. The second-order valence-corrected chi connectivity index (χ2v) is 4.42. The Hall–Kier alpha value is -1.09. The zero-order chi connectivity index (χ0) is 10.8. The molecule has 1 fully saturated rings. The lowest BCUT2D eigenvalue weighted by Gasteiger charge is -2.31. The van der Waals surface area contributed by atoms with Crippen molar-refractivity contribution < 1.29 is 0 Å². The van der Waals surface area contributed by atoms with E-state index in [4.69, 9.17) is 5.73 Å². The monoisotopic (exact) mass is 205 g/mol. The van der Waals surface area contributed by atoms with Crippen LogP contribution in [0.2, 0.25) is 0 Å². The molecule has 1 aliphatic heterocycles. The van der Waals surface area contributed by atoms with E-state index < -0.39 is 0 Å². The first-order valence-electron chi connectivity index (χ1n) is 5.61. The predicted octanol–water partition coefficient (Wildman–Crippen LogP) is 1.63. The molecule has 0 aromatic carbocycles. The number of hydrogen-bond acceptors (Lipinski definition) is 3. The van der Waals surface area contributed by atoms with Gasteiger partial charge in [-0.2, -0.15) is 0 Å². The van der Waals surface area contributed by atoms with Gasteiger partial charge in [-0.05, 0) is 38.3 Å². The van der Waals surface area contributed by atoms with Crippen LogP contribution in [0.15, 0.2) is 12.1 Å². The van der Waals surface area contributed by atoms with E-state index in [-0.39, 0.29) is 0 Å². The van der Waals surface area contributed by atoms with Crippen LogP contribution in [0.1, 0.15) is 24.1 Å². The lowest BCUT2D eigenvalue weighted by molar-refractivity contribution is 0.503. The summed E-state index contributed by atoms with van der Waals surface area (Å²) in [6.45, 7) is 6.18. The first-order chi connectivity index (χ1) is 7.16. The number of aryl methyl sites for hydroxylation is 2. The Morgan fingerprint density at radius 2 is 2.20 bits per heavy atom. The summed E-state index contributed by atoms with van der Waals surface area (Å²) in [5.74, 6) is 1.08. The third-order valence-electron chi connectivity index (χ3n) is 3.12. The van der Waals surface area contributed by atoms with E-state index in [2.05, 4.69) is 35.9 Å². The summed E-state index contributed by atoms with van der Waals surface area (Å²) in [5.41, 5.74) is 8.33. The Balaban J connectivity index is 2.18. The highest BCUT2D eigenvalue weighted by atomic mass is 15.2. The van der Waals surface area contributed by atoms with E-state index in [1.54, 1.807) is 0 Å². The number of nitrogens with zero attached hydrogens (tertiary/aromatic N) is 2. The van der Waals surface area contributed by atoms with Gasteiger partial charge >= 0.3 is 0 Å². The summed E-state index contributed by atoms with van der Waals surface area (Å²) in [5, 5.41) is 0. The van der Waals surface area contributed by atoms with E-state index in [9.17, 15) is 0 Å². The van der Waals surface area contributed by atoms with Crippen LogP contribution >= 0.6 is 0 Å². The van der Waals surface area contributed by atoms with E-state index in [1.165, 1.54) is 12.0 Å². The van der Waals surface area contributed by atoms with Crippen molar-refractivity contribution in [2.45, 2.75) is 32.7 Å². The normalized spacial score (nSPS) is 21.8. The molecule has 1 unspecified atom stereocenters. The average Bonchev–Trinajstić information content (AvgIpc) is 2.22. The maximum absolute atomic E-state index is 5.96. The van der Waals surface area contributed by atoms with E-state index in [1.807, 2.05) is 0 Å². The summed E-state index contributed by atoms with van der Waals surface area (Å²) in [4.78, 5) is 6.89. The Labute approximate surface area is 91.3 Å². The van der Waals surface area contributed by atoms with Crippen molar-refractivity contribution >= 4 is 5.82 Å². The topological polar surface area (TPSA) is 42.1 Å². The van der Waals surface area contributed by atoms with Crippen LogP contribution in [0, 0.1) is 13.8 Å². The van der Waals surface area contributed by atoms with Gasteiger partial charge in [-0.15, -0.1) is 0 Å². The molecule has 0 radical (unpaired) electrons. The van der Waals surface area contributed by atoms with Crippen LogP contribution in [0.25, 0.3) is 0 Å². The number of nitrogens with two attached hydrogens (primary N) is 1. The molecule has 15 heavy (non-hydrogen) atoms. The van der Waals surface area contributed by atoms with Crippen LogP contribution in [0.4, 0.5) is 5.82 Å². The zero-order valence-corrected chi connectivity index (χ0v) is 9.53. The van der Waals surface area contributed by atoms with Gasteiger partial charge in [0.25, 0.3) is 0 Å². The Morgan fingerprint density at radius 3 is 2.87 bits per heavy atom. The van der Waals surface area contributed by atoms with Gasteiger partial charge in [-0.25, -0.2) is 4.98 Å². The van der Waals surface area contributed by atoms with Gasteiger partial charge in [-0.3, -0.25) is 0 Å². The quantitative estimate of drug-likeness (QED) is 0.757. The van der Waals surface area contributed by atoms with Gasteiger partial charge in [0, 0.05) is 24.8 Å². The van der Waals surface area contributed by atoms with Crippen molar-refractivity contribution in [1.29, 1.82) is 0 Å². The molecule has 82 valence electrons. The van der Waals surface area contributed by atoms with Crippen LogP contribution in [0.5, 0.6) is 0 Å². The Morgan fingerprint density at radius 1 is 1.40 bits per heavy atom. The smallest absolute Gasteiger partial charge is 0.128 e. The Kier molecular flexibility index (Phi) is 2.91. The molecule has 0 spiro atoms. The number of piperidine rings is 1. The molecule has 1 saturated heterocycles. The van der Waals surface area contributed by atoms with Crippen LogP contribution in [-0.2, 0) is 0 Å². The number of hydrogen-bond donors (Lipinski definition) is 1. The van der Waals surface area contributed by atoms with Gasteiger partial charge in [0.15, 0.2) is 0 Å². The largest absolute Gasteiger partial charge is 0.355 e. The minimum Gasteiger partial charge on any atom is -0.355 e. The number of anilines is 1. The van der Waals surface area contributed by atoms with Crippen molar-refractivity contribution in [3.05, 3.63) is 23.4 Å². The second kappa shape index (κ2) is 4.19. The van der Waals surface area contributed by atoms with Gasteiger partial charge in [0.2, 0.25) is 0 Å². The third-order valence-corrected chi connectivity index (χ3v) is 3.12. The molecule has 2 N–H and O–H groups in total. The van der Waals surface area contributed by atoms with E-state index in [0.717, 1.165) is 31.0 Å². The molecule has 3 nitrogen and oxygen atoms in total. The first kappa shape index (κ1) is 10.4. The molecule has 0 bridgehead atoms. The molecule has 1 aliphatic rings. The summed E-state index contributed by atoms with van der Waals surface area (Å²) < 4.78 is 0. The summed E-state index contributed by atoms with van der Waals surface area (Å²) >= 11 is 0. The maximum Gasteiger partial charge on any atom is 0.128 e. The summed E-state index contributed by atoms with van der Waals surface area (Å²) in [7, 11) is 0. The lowest BCUT2D eigenvalue weighted by atomic mass is 10.1. The molecule has 2 rings (SSSR count). The maximum atomic E-state index is 5.96. The van der Waals surface area contributed by atoms with Crippen LogP contribution in [-0.4, -0.2) is 24.1 Å². The second-order valence-electron chi connectivity index (χ2n) is 4.42. The fraction of sp³-hybridized carbons (Fsp3) is 0.583. The number of aromatic nitrogens is 1. The molecular formula is C12H19N3. The summed E-state index contributed by atoms with van der Waals surface area (Å²) in [6.07, 6.45) is 2.32. The molecule has 3 heteroatoms. The molecule has 0 saturated carbocycles. The molecule has 1 aromatic rings. The molecule has 2 heterocycles. The van der Waals surface area contributed by atoms with Crippen molar-refractivity contribution in [1.82, 2.24) is 4.98 Å². The number of pyridine rings is 1. The SMILES string of the molecule is Cc1ccc(N2CCCC(N)C2)nc1C. The van der Waals surface area contributed by atoms with Gasteiger partial charge in [-0.1, -0.05) is 6.07 Å². The van der Waals surface area contributed by atoms with Crippen molar-refractivity contribution in [2.75, 3.05) is 18.0 Å². The lowest BCUT2D eigenvalue weighted by Crippen LogP contribution is -2.43. The van der Waals surface area contributed by atoms with Crippen LogP contribution < -0.4 is 10.6 Å². The van der Waals surface area contributed by atoms with Gasteiger partial charge < -0.3 is 10.6 Å². The minimum absolute atomic E-state index is 0.308. The number of rotatable bonds is 1. The summed E-state index contributed by atoms with van der Waals surface area (Å²) in [6, 6.07) is 4.54. The highest BCUT2D eigenvalue weighted by Gasteiger charge is 2.17. The average molecular weight is 205 g/mol.